The third-order valence-corrected chi connectivity index (χ3v) is 7.52. The van der Waals surface area contributed by atoms with Gasteiger partial charge in [-0.25, -0.2) is 13.4 Å². The van der Waals surface area contributed by atoms with Crippen molar-refractivity contribution in [2.24, 2.45) is 7.05 Å². The Morgan fingerprint density at radius 2 is 1.68 bits per heavy atom. The molecule has 1 aliphatic heterocycles. The highest BCUT2D eigenvalue weighted by Gasteiger charge is 2.18. The van der Waals surface area contributed by atoms with Gasteiger partial charge in [-0.15, -0.1) is 0 Å². The summed E-state index contributed by atoms with van der Waals surface area (Å²) < 4.78 is 30.2. The van der Waals surface area contributed by atoms with E-state index in [9.17, 15) is 8.42 Å². The Labute approximate surface area is 184 Å². The molecule has 0 unspecified atom stereocenters. The van der Waals surface area contributed by atoms with Gasteiger partial charge in [0.1, 0.15) is 5.82 Å². The minimum absolute atomic E-state index is 0.253. The fraction of sp³-hybridized carbons (Fsp3) is 0.435. The Hall–Kier alpha value is -2.42. The number of likely N-dealkylation sites (N-methyl/N-ethyl adjacent to an activating group) is 1. The zero-order valence-electron chi connectivity index (χ0n) is 18.5. The van der Waals surface area contributed by atoms with Crippen molar-refractivity contribution in [3.8, 4) is 0 Å². The smallest absolute Gasteiger partial charge is 0.261 e. The third kappa shape index (κ3) is 4.92. The van der Waals surface area contributed by atoms with Gasteiger partial charge < -0.3 is 14.4 Å². The average molecular weight is 442 g/mol. The molecule has 2 aromatic carbocycles. The number of hydrogen-bond donors (Lipinski definition) is 1. The molecule has 0 aliphatic carbocycles. The first kappa shape index (κ1) is 21.8. The number of sulfonamides is 1. The Bertz CT molecular complexity index is 1150. The van der Waals surface area contributed by atoms with Crippen LogP contribution < -0.4 is 4.72 Å². The lowest BCUT2D eigenvalue weighted by Crippen LogP contribution is -2.46. The maximum Gasteiger partial charge on any atom is 0.261 e. The zero-order valence-corrected chi connectivity index (χ0v) is 19.3. The van der Waals surface area contributed by atoms with E-state index in [-0.39, 0.29) is 4.90 Å². The van der Waals surface area contributed by atoms with E-state index in [1.54, 1.807) is 30.3 Å². The minimum atomic E-state index is -3.63. The number of aromatic nitrogens is 2. The molecule has 0 atom stereocenters. The lowest BCUT2D eigenvalue weighted by Gasteiger charge is -2.33. The second-order valence-corrected chi connectivity index (χ2v) is 9.92. The summed E-state index contributed by atoms with van der Waals surface area (Å²) in [5.74, 6) is 1.02. The number of rotatable bonds is 7. The fourth-order valence-electron chi connectivity index (χ4n) is 4.06. The molecule has 0 spiro atoms. The van der Waals surface area contributed by atoms with Crippen LogP contribution in [0.3, 0.4) is 0 Å². The number of imidazole rings is 1. The summed E-state index contributed by atoms with van der Waals surface area (Å²) in [6.45, 7) is 10.7. The van der Waals surface area contributed by atoms with E-state index in [2.05, 4.69) is 26.0 Å². The van der Waals surface area contributed by atoms with E-state index in [0.717, 1.165) is 68.1 Å². The number of fused-ring (bicyclic) bond motifs is 1. The Morgan fingerprint density at radius 1 is 1.00 bits per heavy atom. The maximum absolute atomic E-state index is 12.7. The molecule has 8 heteroatoms. The first-order chi connectivity index (χ1) is 14.9. The number of benzene rings is 2. The van der Waals surface area contributed by atoms with Crippen molar-refractivity contribution in [1.29, 1.82) is 0 Å². The molecule has 7 nitrogen and oxygen atoms in total. The molecule has 2 heterocycles. The first-order valence-electron chi connectivity index (χ1n) is 10.9. The predicted octanol–water partition coefficient (Wildman–Crippen LogP) is 2.86. The van der Waals surface area contributed by atoms with Gasteiger partial charge in [0.05, 0.1) is 21.6 Å². The number of nitrogens with one attached hydrogen (secondary N) is 1. The van der Waals surface area contributed by atoms with Crippen molar-refractivity contribution < 1.29 is 8.42 Å². The Morgan fingerprint density at radius 3 is 2.35 bits per heavy atom. The van der Waals surface area contributed by atoms with Crippen LogP contribution in [0.1, 0.15) is 18.3 Å². The van der Waals surface area contributed by atoms with Crippen LogP contribution in [0.2, 0.25) is 0 Å². The van der Waals surface area contributed by atoms with Crippen LogP contribution in [0.5, 0.6) is 0 Å². The molecule has 3 aromatic rings. The van der Waals surface area contributed by atoms with E-state index in [1.807, 2.05) is 26.1 Å². The standard InChI is InChI=1S/C23H31N5O2S/c1-4-27-13-15-28(16-14-27)12-11-23-24-21-17-19(7-10-22(21)26(23)3)25-31(29,30)20-8-5-18(2)6-9-20/h5-10,17,25H,4,11-16H2,1-3H3. The van der Waals surface area contributed by atoms with Crippen LogP contribution >= 0.6 is 0 Å². The molecule has 4 rings (SSSR count). The number of nitrogens with zero attached hydrogens (tertiary/aromatic N) is 4. The molecule has 166 valence electrons. The summed E-state index contributed by atoms with van der Waals surface area (Å²) in [5, 5.41) is 0. The molecule has 0 radical (unpaired) electrons. The highest BCUT2D eigenvalue weighted by molar-refractivity contribution is 7.92. The monoisotopic (exact) mass is 441 g/mol. The molecular weight excluding hydrogens is 410 g/mol. The second-order valence-electron chi connectivity index (χ2n) is 8.23. The van der Waals surface area contributed by atoms with Crippen molar-refractivity contribution in [2.45, 2.75) is 25.2 Å². The Balaban J connectivity index is 1.46. The normalized spacial score (nSPS) is 16.1. The average Bonchev–Trinajstić information content (AvgIpc) is 3.07. The molecule has 0 amide bonds. The number of piperazine rings is 1. The van der Waals surface area contributed by atoms with Crippen molar-refractivity contribution in [3.63, 3.8) is 0 Å². The van der Waals surface area contributed by atoms with Gasteiger partial charge in [-0.05, 0) is 43.8 Å². The van der Waals surface area contributed by atoms with Crippen molar-refractivity contribution >= 4 is 26.7 Å². The lowest BCUT2D eigenvalue weighted by molar-refractivity contribution is 0.138. The predicted molar refractivity (Wildman–Crippen MR) is 125 cm³/mol. The fourth-order valence-corrected chi connectivity index (χ4v) is 5.11. The third-order valence-electron chi connectivity index (χ3n) is 6.12. The topological polar surface area (TPSA) is 70.5 Å². The SMILES string of the molecule is CCN1CCN(CCc2nc3cc(NS(=O)(=O)c4ccc(C)cc4)ccc3n2C)CC1. The largest absolute Gasteiger partial charge is 0.331 e. The molecule has 31 heavy (non-hydrogen) atoms. The van der Waals surface area contributed by atoms with Gasteiger partial charge >= 0.3 is 0 Å². The van der Waals surface area contributed by atoms with Crippen LogP contribution in [-0.2, 0) is 23.5 Å². The van der Waals surface area contributed by atoms with Crippen molar-refractivity contribution in [2.75, 3.05) is 44.0 Å². The van der Waals surface area contributed by atoms with E-state index < -0.39 is 10.0 Å². The summed E-state index contributed by atoms with van der Waals surface area (Å²) in [7, 11) is -1.61. The zero-order chi connectivity index (χ0) is 22.0. The van der Waals surface area contributed by atoms with Crippen LogP contribution in [-0.4, -0.2) is 67.0 Å². The molecule has 1 N–H and O–H groups in total. The second kappa shape index (κ2) is 8.98. The lowest BCUT2D eigenvalue weighted by atomic mass is 10.2. The van der Waals surface area contributed by atoms with Gasteiger partial charge in [0.25, 0.3) is 10.0 Å². The highest BCUT2D eigenvalue weighted by Crippen LogP contribution is 2.23. The summed E-state index contributed by atoms with van der Waals surface area (Å²) >= 11 is 0. The minimum Gasteiger partial charge on any atom is -0.331 e. The van der Waals surface area contributed by atoms with Crippen LogP contribution in [0.4, 0.5) is 5.69 Å². The number of aryl methyl sites for hydroxylation is 2. The van der Waals surface area contributed by atoms with Gasteiger partial charge in [-0.1, -0.05) is 24.6 Å². The van der Waals surface area contributed by atoms with Crippen molar-refractivity contribution in [1.82, 2.24) is 19.4 Å². The number of anilines is 1. The molecule has 1 saturated heterocycles. The number of hydrogen-bond acceptors (Lipinski definition) is 5. The van der Waals surface area contributed by atoms with Gasteiger partial charge in [0, 0.05) is 46.2 Å². The van der Waals surface area contributed by atoms with Crippen LogP contribution in [0.25, 0.3) is 11.0 Å². The van der Waals surface area contributed by atoms with Gasteiger partial charge in [0.2, 0.25) is 0 Å². The Kier molecular flexibility index (Phi) is 6.31. The highest BCUT2D eigenvalue weighted by atomic mass is 32.2. The van der Waals surface area contributed by atoms with Crippen LogP contribution in [0.15, 0.2) is 47.4 Å². The quantitative estimate of drug-likeness (QED) is 0.611. The first-order valence-corrected chi connectivity index (χ1v) is 12.3. The summed E-state index contributed by atoms with van der Waals surface area (Å²) in [5.41, 5.74) is 3.35. The molecule has 0 bridgehead atoms. The van der Waals surface area contributed by atoms with Gasteiger partial charge in [0.15, 0.2) is 0 Å². The van der Waals surface area contributed by atoms with Crippen LogP contribution in [0, 0.1) is 6.92 Å². The summed E-state index contributed by atoms with van der Waals surface area (Å²) in [6.07, 6.45) is 0.877. The molecule has 0 saturated carbocycles. The van der Waals surface area contributed by atoms with Crippen molar-refractivity contribution in [3.05, 3.63) is 53.9 Å². The molecule has 1 fully saturated rings. The summed E-state index contributed by atoms with van der Waals surface area (Å²) in [4.78, 5) is 10.0. The molecule has 1 aliphatic rings. The summed E-state index contributed by atoms with van der Waals surface area (Å²) in [6, 6.07) is 12.4. The van der Waals surface area contributed by atoms with E-state index in [0.29, 0.717) is 5.69 Å². The molecule has 1 aromatic heterocycles. The van der Waals surface area contributed by atoms with Gasteiger partial charge in [-0.3, -0.25) is 4.72 Å². The van der Waals surface area contributed by atoms with E-state index in [1.165, 1.54) is 0 Å². The van der Waals surface area contributed by atoms with E-state index in [4.69, 9.17) is 4.98 Å². The maximum atomic E-state index is 12.7. The van der Waals surface area contributed by atoms with Gasteiger partial charge in [-0.2, -0.15) is 0 Å². The van der Waals surface area contributed by atoms with E-state index >= 15 is 0 Å². The molecular formula is C23H31N5O2S.